The van der Waals surface area contributed by atoms with Crippen molar-refractivity contribution in [3.63, 3.8) is 0 Å². The van der Waals surface area contributed by atoms with E-state index in [9.17, 15) is 9.90 Å². The molecular weight excluding hydrogens is 540 g/mol. The largest absolute Gasteiger partial charge is 0.490 e. The quantitative estimate of drug-likeness (QED) is 0.275. The second-order valence-corrected chi connectivity index (χ2v) is 13.8. The lowest BCUT2D eigenvalue weighted by Crippen LogP contribution is -2.47. The molecule has 5 rings (SSSR count). The summed E-state index contributed by atoms with van der Waals surface area (Å²) in [6, 6.07) is 12.1. The number of hydrogen-bond donors (Lipinski definition) is 2. The van der Waals surface area contributed by atoms with Crippen LogP contribution in [0.5, 0.6) is 5.75 Å². The van der Waals surface area contributed by atoms with Crippen LogP contribution in [-0.4, -0.2) is 42.1 Å². The van der Waals surface area contributed by atoms with E-state index in [-0.39, 0.29) is 28.4 Å². The first-order valence-corrected chi connectivity index (χ1v) is 16.1. The third-order valence-electron chi connectivity index (χ3n) is 9.43. The molecule has 6 unspecified atom stereocenters. The van der Waals surface area contributed by atoms with Crippen molar-refractivity contribution >= 4 is 35.1 Å². The molecule has 3 aliphatic rings. The van der Waals surface area contributed by atoms with Gasteiger partial charge in [-0.3, -0.25) is 9.52 Å². The van der Waals surface area contributed by atoms with Crippen molar-refractivity contribution in [3.8, 4) is 5.75 Å². The fourth-order valence-electron chi connectivity index (χ4n) is 6.81. The molecule has 0 saturated carbocycles. The fraction of sp³-hybridized carbons (Fsp3) is 0.545. The molecule has 5 nitrogen and oxygen atoms in total. The number of aliphatic hydroxyl groups is 1. The number of anilines is 1. The molecule has 6 atom stereocenters. The Morgan fingerprint density at radius 1 is 1.18 bits per heavy atom. The summed E-state index contributed by atoms with van der Waals surface area (Å²) >= 11 is 7.88. The number of nitrogens with one attached hydrogen (secondary N) is 1. The number of aryl methyl sites for hydroxylation is 1. The van der Waals surface area contributed by atoms with Gasteiger partial charge >= 0.3 is 0 Å². The highest BCUT2D eigenvalue weighted by molar-refractivity contribution is 7.98. The first kappa shape index (κ1) is 29.3. The second kappa shape index (κ2) is 12.4. The Balaban J connectivity index is 1.57. The topological polar surface area (TPSA) is 61.8 Å². The molecule has 2 aromatic rings. The van der Waals surface area contributed by atoms with E-state index >= 15 is 0 Å². The number of allylic oxidation sites excluding steroid dienone is 1. The Kier molecular flexibility index (Phi) is 9.08. The Labute approximate surface area is 248 Å². The summed E-state index contributed by atoms with van der Waals surface area (Å²) in [6.45, 7) is 10.9. The van der Waals surface area contributed by atoms with Crippen LogP contribution in [0.15, 0.2) is 48.6 Å². The zero-order valence-corrected chi connectivity index (χ0v) is 25.7. The van der Waals surface area contributed by atoms with E-state index in [0.29, 0.717) is 18.1 Å². The summed E-state index contributed by atoms with van der Waals surface area (Å²) in [6.07, 6.45) is 8.50. The normalized spacial score (nSPS) is 32.0. The van der Waals surface area contributed by atoms with E-state index in [0.717, 1.165) is 61.7 Å². The van der Waals surface area contributed by atoms with Gasteiger partial charge in [0.1, 0.15) is 5.75 Å². The minimum Gasteiger partial charge on any atom is -0.490 e. The van der Waals surface area contributed by atoms with Crippen LogP contribution in [0.1, 0.15) is 74.9 Å². The zero-order chi connectivity index (χ0) is 28.4. The zero-order valence-electron chi connectivity index (χ0n) is 24.2. The highest BCUT2D eigenvalue weighted by Crippen LogP contribution is 2.45. The number of halogens is 1. The molecule has 2 N–H and O–H groups in total. The molecule has 0 aromatic heterocycles. The summed E-state index contributed by atoms with van der Waals surface area (Å²) in [7, 11) is 0. The molecule has 0 radical (unpaired) electrons. The van der Waals surface area contributed by atoms with Crippen molar-refractivity contribution in [2.45, 2.75) is 76.6 Å². The van der Waals surface area contributed by atoms with Crippen LogP contribution in [0.25, 0.3) is 0 Å². The van der Waals surface area contributed by atoms with Gasteiger partial charge in [-0.25, -0.2) is 0 Å². The Morgan fingerprint density at radius 2 is 2.00 bits per heavy atom. The van der Waals surface area contributed by atoms with Crippen molar-refractivity contribution in [2.24, 2.45) is 17.8 Å². The Bertz CT molecular complexity index is 1250. The average molecular weight is 583 g/mol. The number of carbonyl (C=O) groups excluding carboxylic acids is 1. The molecule has 2 bridgehead atoms. The standard InChI is InChI=1S/C33H43ClN2O3S/c1-5-27-22(3)18-36-19-33(15-7-9-24-16-26(34)12-13-28(24)33)20-39-31-14-11-25(17-29(31)36)32(38)35-40-23(4)21(2)8-6-10-30(27)37/h6,10-14,16-17,21-23,27,30,37H,5,7-9,15,18-20H2,1-4H3,(H,35,38)/b10-6+. The first-order chi connectivity index (χ1) is 19.2. The monoisotopic (exact) mass is 582 g/mol. The highest BCUT2D eigenvalue weighted by atomic mass is 35.5. The van der Waals surface area contributed by atoms with Crippen LogP contribution in [0.3, 0.4) is 0 Å². The van der Waals surface area contributed by atoms with Crippen LogP contribution in [0, 0.1) is 17.8 Å². The van der Waals surface area contributed by atoms with E-state index in [4.69, 9.17) is 16.3 Å². The lowest BCUT2D eigenvalue weighted by atomic mass is 9.70. The number of hydrogen-bond acceptors (Lipinski definition) is 5. The summed E-state index contributed by atoms with van der Waals surface area (Å²) in [5.41, 5.74) is 4.04. The predicted molar refractivity (Wildman–Crippen MR) is 167 cm³/mol. The fourth-order valence-corrected chi connectivity index (χ4v) is 7.76. The number of carbonyl (C=O) groups is 1. The van der Waals surface area contributed by atoms with Gasteiger partial charge in [-0.05, 0) is 96.8 Å². The maximum absolute atomic E-state index is 13.3. The molecule has 2 aromatic carbocycles. The van der Waals surface area contributed by atoms with Crippen LogP contribution in [0.2, 0.25) is 5.02 Å². The highest BCUT2D eigenvalue weighted by Gasteiger charge is 2.42. The first-order valence-electron chi connectivity index (χ1n) is 14.8. The number of aliphatic hydroxyl groups excluding tert-OH is 1. The van der Waals surface area contributed by atoms with E-state index in [1.54, 1.807) is 0 Å². The molecule has 7 heteroatoms. The molecular formula is C33H43ClN2O3S. The molecule has 1 amide bonds. The van der Waals surface area contributed by atoms with Gasteiger partial charge in [0.25, 0.3) is 5.91 Å². The summed E-state index contributed by atoms with van der Waals surface area (Å²) < 4.78 is 9.68. The SMILES string of the molecule is CCC1C(O)/C=C/CC(C)C(C)SNC(=O)c2ccc3c(c2)N(CC1C)CC1(CCCc2cc(Cl)ccc21)CO3. The molecule has 1 aliphatic carbocycles. The number of ether oxygens (including phenoxy) is 1. The van der Waals surface area contributed by atoms with Crippen molar-refractivity contribution in [1.82, 2.24) is 4.72 Å². The van der Waals surface area contributed by atoms with Gasteiger partial charge < -0.3 is 14.7 Å². The molecule has 0 fully saturated rings. The molecule has 0 saturated heterocycles. The molecule has 1 spiro atoms. The van der Waals surface area contributed by atoms with Gasteiger partial charge in [0.2, 0.25) is 0 Å². The number of fused-ring (bicyclic) bond motifs is 3. The van der Waals surface area contributed by atoms with Gasteiger partial charge in [0, 0.05) is 34.3 Å². The predicted octanol–water partition coefficient (Wildman–Crippen LogP) is 7.20. The van der Waals surface area contributed by atoms with Crippen molar-refractivity contribution in [3.05, 3.63) is 70.3 Å². The summed E-state index contributed by atoms with van der Waals surface area (Å²) in [4.78, 5) is 15.7. The van der Waals surface area contributed by atoms with Gasteiger partial charge in [-0.2, -0.15) is 0 Å². The van der Waals surface area contributed by atoms with Crippen LogP contribution in [-0.2, 0) is 11.8 Å². The Morgan fingerprint density at radius 3 is 2.80 bits per heavy atom. The second-order valence-electron chi connectivity index (χ2n) is 12.2. The van der Waals surface area contributed by atoms with Crippen LogP contribution < -0.4 is 14.4 Å². The van der Waals surface area contributed by atoms with Crippen molar-refractivity contribution < 1.29 is 14.6 Å². The summed E-state index contributed by atoms with van der Waals surface area (Å²) in [5.74, 6) is 1.43. The smallest absolute Gasteiger partial charge is 0.261 e. The van der Waals surface area contributed by atoms with Gasteiger partial charge in [-0.1, -0.05) is 63.9 Å². The molecule has 2 heterocycles. The molecule has 216 valence electrons. The maximum Gasteiger partial charge on any atom is 0.261 e. The van der Waals surface area contributed by atoms with E-state index in [2.05, 4.69) is 55.5 Å². The lowest BCUT2D eigenvalue weighted by molar-refractivity contribution is 0.0984. The minimum atomic E-state index is -0.497. The summed E-state index contributed by atoms with van der Waals surface area (Å²) in [5, 5.41) is 12.3. The van der Waals surface area contributed by atoms with E-state index in [1.807, 2.05) is 30.3 Å². The average Bonchev–Trinajstić information content (AvgIpc) is 3.08. The Hall–Kier alpha value is -2.15. The van der Waals surface area contributed by atoms with E-state index < -0.39 is 6.10 Å². The van der Waals surface area contributed by atoms with Gasteiger partial charge in [-0.15, -0.1) is 0 Å². The van der Waals surface area contributed by atoms with Crippen LogP contribution >= 0.6 is 23.5 Å². The van der Waals surface area contributed by atoms with E-state index in [1.165, 1.54) is 23.1 Å². The number of nitrogens with zero attached hydrogens (tertiary/aromatic N) is 1. The number of rotatable bonds is 1. The lowest BCUT2D eigenvalue weighted by Gasteiger charge is -2.42. The molecule has 2 aliphatic heterocycles. The van der Waals surface area contributed by atoms with Gasteiger partial charge in [0.05, 0.1) is 18.4 Å². The molecule has 40 heavy (non-hydrogen) atoms. The van der Waals surface area contributed by atoms with Crippen molar-refractivity contribution in [1.29, 1.82) is 0 Å². The maximum atomic E-state index is 13.3. The third kappa shape index (κ3) is 6.05. The van der Waals surface area contributed by atoms with Gasteiger partial charge in [0.15, 0.2) is 0 Å². The van der Waals surface area contributed by atoms with Crippen LogP contribution in [0.4, 0.5) is 5.69 Å². The number of amides is 1. The minimum absolute atomic E-state index is 0.0824. The third-order valence-corrected chi connectivity index (χ3v) is 10.8. The number of benzene rings is 2. The van der Waals surface area contributed by atoms with Crippen molar-refractivity contribution in [2.75, 3.05) is 24.6 Å².